The number of nitrogens with one attached hydrogen (secondary N) is 1. The van der Waals surface area contributed by atoms with E-state index in [2.05, 4.69) is 5.32 Å². The number of hydrogen-bond donors (Lipinski definition) is 1. The molecular formula is C20H21NO4. The van der Waals surface area contributed by atoms with Crippen molar-refractivity contribution in [1.82, 2.24) is 5.32 Å². The van der Waals surface area contributed by atoms with Crippen molar-refractivity contribution in [3.8, 4) is 17.2 Å². The monoisotopic (exact) mass is 339 g/mol. The van der Waals surface area contributed by atoms with Gasteiger partial charge in [0.2, 0.25) is 0 Å². The summed E-state index contributed by atoms with van der Waals surface area (Å²) < 4.78 is 16.3. The fraction of sp³-hybridized carbons (Fsp3) is 0.250. The molecule has 0 radical (unpaired) electrons. The summed E-state index contributed by atoms with van der Waals surface area (Å²) in [5.41, 5.74) is 2.35. The zero-order valence-electron chi connectivity index (χ0n) is 14.5. The van der Waals surface area contributed by atoms with E-state index in [0.29, 0.717) is 17.1 Å². The van der Waals surface area contributed by atoms with Crippen LogP contribution in [0.15, 0.2) is 48.0 Å². The second kappa shape index (κ2) is 7.30. The molecule has 0 aromatic heterocycles. The van der Waals surface area contributed by atoms with Crippen LogP contribution in [0, 0.1) is 0 Å². The predicted octanol–water partition coefficient (Wildman–Crippen LogP) is 3.36. The maximum Gasteiger partial charge on any atom is 0.251 e. The van der Waals surface area contributed by atoms with E-state index in [9.17, 15) is 4.79 Å². The molecule has 0 saturated heterocycles. The number of amides is 1. The highest BCUT2D eigenvalue weighted by molar-refractivity contribution is 5.99. The van der Waals surface area contributed by atoms with Gasteiger partial charge in [-0.15, -0.1) is 0 Å². The Morgan fingerprint density at radius 1 is 1.16 bits per heavy atom. The minimum Gasteiger partial charge on any atom is -0.497 e. The molecule has 25 heavy (non-hydrogen) atoms. The van der Waals surface area contributed by atoms with E-state index in [4.69, 9.17) is 14.2 Å². The Balaban J connectivity index is 1.79. The van der Waals surface area contributed by atoms with Crippen LogP contribution in [0.25, 0.3) is 6.08 Å². The van der Waals surface area contributed by atoms with E-state index < -0.39 is 0 Å². The lowest BCUT2D eigenvalue weighted by Gasteiger charge is -2.21. The Kier molecular flexibility index (Phi) is 4.93. The molecule has 0 saturated carbocycles. The Hall–Kier alpha value is -2.95. The largest absolute Gasteiger partial charge is 0.497 e. The molecule has 1 atom stereocenters. The van der Waals surface area contributed by atoms with Crippen molar-refractivity contribution in [3.63, 3.8) is 0 Å². The highest BCUT2D eigenvalue weighted by Crippen LogP contribution is 2.30. The summed E-state index contributed by atoms with van der Waals surface area (Å²) in [6.07, 6.45) is 1.86. The van der Waals surface area contributed by atoms with E-state index in [0.717, 1.165) is 16.9 Å². The SMILES string of the molecule is COc1ccc(OC)c(C(C)NC(=O)C2=Cc3ccccc3OC2)c1. The molecule has 5 heteroatoms. The number of methoxy groups -OCH3 is 2. The first-order valence-corrected chi connectivity index (χ1v) is 8.07. The van der Waals surface area contributed by atoms with Crippen LogP contribution in [0.3, 0.4) is 0 Å². The van der Waals surface area contributed by atoms with E-state index in [1.54, 1.807) is 14.2 Å². The summed E-state index contributed by atoms with van der Waals surface area (Å²) in [6.45, 7) is 2.16. The van der Waals surface area contributed by atoms with Crippen molar-refractivity contribution in [2.75, 3.05) is 20.8 Å². The van der Waals surface area contributed by atoms with Gasteiger partial charge < -0.3 is 19.5 Å². The number of hydrogen-bond acceptors (Lipinski definition) is 4. The van der Waals surface area contributed by atoms with Crippen LogP contribution >= 0.6 is 0 Å². The molecule has 1 amide bonds. The maximum atomic E-state index is 12.6. The Morgan fingerprint density at radius 3 is 2.72 bits per heavy atom. The molecule has 1 unspecified atom stereocenters. The van der Waals surface area contributed by atoms with Gasteiger partial charge in [0.15, 0.2) is 0 Å². The number of carbonyl (C=O) groups excluding carboxylic acids is 1. The molecule has 1 aliphatic heterocycles. The summed E-state index contributed by atoms with van der Waals surface area (Å²) in [6, 6.07) is 12.9. The lowest BCUT2D eigenvalue weighted by atomic mass is 10.0. The van der Waals surface area contributed by atoms with Crippen molar-refractivity contribution in [1.29, 1.82) is 0 Å². The number of rotatable bonds is 5. The summed E-state index contributed by atoms with van der Waals surface area (Å²) in [5.74, 6) is 2.05. The van der Waals surface area contributed by atoms with Crippen LogP contribution in [-0.4, -0.2) is 26.7 Å². The van der Waals surface area contributed by atoms with Gasteiger partial charge in [0.05, 0.1) is 25.8 Å². The van der Waals surface area contributed by atoms with Gasteiger partial charge in [-0.2, -0.15) is 0 Å². The maximum absolute atomic E-state index is 12.6. The third kappa shape index (κ3) is 3.60. The lowest BCUT2D eigenvalue weighted by molar-refractivity contribution is -0.118. The second-order valence-corrected chi connectivity index (χ2v) is 5.80. The van der Waals surface area contributed by atoms with Gasteiger partial charge in [0.1, 0.15) is 23.9 Å². The molecule has 5 nitrogen and oxygen atoms in total. The smallest absolute Gasteiger partial charge is 0.251 e. The number of benzene rings is 2. The van der Waals surface area contributed by atoms with E-state index in [1.165, 1.54) is 0 Å². The van der Waals surface area contributed by atoms with Gasteiger partial charge in [-0.1, -0.05) is 18.2 Å². The normalized spacial score (nSPS) is 13.8. The van der Waals surface area contributed by atoms with Gasteiger partial charge in [-0.25, -0.2) is 0 Å². The quantitative estimate of drug-likeness (QED) is 0.907. The average Bonchev–Trinajstić information content (AvgIpc) is 2.66. The van der Waals surface area contributed by atoms with Crippen molar-refractivity contribution in [2.24, 2.45) is 0 Å². The van der Waals surface area contributed by atoms with Crippen LogP contribution in [0.5, 0.6) is 17.2 Å². The van der Waals surface area contributed by atoms with Crippen LogP contribution in [-0.2, 0) is 4.79 Å². The molecule has 130 valence electrons. The highest BCUT2D eigenvalue weighted by Gasteiger charge is 2.20. The standard InChI is InChI=1S/C20H21NO4/c1-13(17-11-16(23-2)8-9-19(17)24-3)21-20(22)15-10-14-6-4-5-7-18(14)25-12-15/h4-11,13H,12H2,1-3H3,(H,21,22). The molecule has 1 aliphatic rings. The summed E-state index contributed by atoms with van der Waals surface area (Å²) in [7, 11) is 3.21. The number of ether oxygens (including phenoxy) is 3. The zero-order valence-corrected chi connectivity index (χ0v) is 14.5. The van der Waals surface area contributed by atoms with Crippen molar-refractivity contribution < 1.29 is 19.0 Å². The topological polar surface area (TPSA) is 56.8 Å². The van der Waals surface area contributed by atoms with Crippen LogP contribution in [0.1, 0.15) is 24.1 Å². The molecule has 0 fully saturated rings. The van der Waals surface area contributed by atoms with Gasteiger partial charge >= 0.3 is 0 Å². The van der Waals surface area contributed by atoms with Crippen LogP contribution in [0.2, 0.25) is 0 Å². The van der Waals surface area contributed by atoms with E-state index in [1.807, 2.05) is 55.5 Å². The number of para-hydroxylation sites is 1. The highest BCUT2D eigenvalue weighted by atomic mass is 16.5. The van der Waals surface area contributed by atoms with E-state index in [-0.39, 0.29) is 18.6 Å². The number of carbonyl (C=O) groups is 1. The first-order valence-electron chi connectivity index (χ1n) is 8.07. The minimum atomic E-state index is -0.240. The van der Waals surface area contributed by atoms with Gasteiger partial charge in [0, 0.05) is 11.1 Å². The molecule has 0 bridgehead atoms. The van der Waals surface area contributed by atoms with Crippen molar-refractivity contribution in [3.05, 3.63) is 59.2 Å². The molecule has 1 heterocycles. The van der Waals surface area contributed by atoms with Crippen molar-refractivity contribution in [2.45, 2.75) is 13.0 Å². The molecule has 2 aromatic carbocycles. The number of fused-ring (bicyclic) bond motifs is 1. The Labute approximate surface area is 147 Å². The summed E-state index contributed by atoms with van der Waals surface area (Å²) >= 11 is 0. The van der Waals surface area contributed by atoms with Gasteiger partial charge in [0.25, 0.3) is 5.91 Å². The molecule has 2 aromatic rings. The summed E-state index contributed by atoms with van der Waals surface area (Å²) in [4.78, 5) is 12.6. The molecule has 3 rings (SSSR count). The minimum absolute atomic E-state index is 0.160. The Morgan fingerprint density at radius 2 is 1.96 bits per heavy atom. The van der Waals surface area contributed by atoms with Gasteiger partial charge in [-0.05, 0) is 37.3 Å². The molecule has 0 spiro atoms. The Bertz CT molecular complexity index is 813. The molecule has 1 N–H and O–H groups in total. The van der Waals surface area contributed by atoms with E-state index >= 15 is 0 Å². The third-order valence-corrected chi connectivity index (χ3v) is 4.17. The zero-order chi connectivity index (χ0) is 17.8. The first-order chi connectivity index (χ1) is 12.1. The first kappa shape index (κ1) is 16.9. The van der Waals surface area contributed by atoms with Crippen LogP contribution < -0.4 is 19.5 Å². The fourth-order valence-electron chi connectivity index (χ4n) is 2.79. The molecular weight excluding hydrogens is 318 g/mol. The summed E-state index contributed by atoms with van der Waals surface area (Å²) in [5, 5.41) is 3.00. The second-order valence-electron chi connectivity index (χ2n) is 5.80. The molecule has 0 aliphatic carbocycles. The predicted molar refractivity (Wildman–Crippen MR) is 96.0 cm³/mol. The van der Waals surface area contributed by atoms with Crippen molar-refractivity contribution >= 4 is 12.0 Å². The van der Waals surface area contributed by atoms with Gasteiger partial charge in [-0.3, -0.25) is 4.79 Å². The average molecular weight is 339 g/mol. The third-order valence-electron chi connectivity index (χ3n) is 4.17. The fourth-order valence-corrected chi connectivity index (χ4v) is 2.79. The van der Waals surface area contributed by atoms with Crippen LogP contribution in [0.4, 0.5) is 0 Å². The lowest BCUT2D eigenvalue weighted by Crippen LogP contribution is -2.31.